The fourth-order valence-corrected chi connectivity index (χ4v) is 5.50. The molecular formula is C21H30N4O2S2. The Kier molecular flexibility index (Phi) is 7.94. The van der Waals surface area contributed by atoms with Crippen molar-refractivity contribution in [1.29, 1.82) is 0 Å². The molecule has 1 aliphatic heterocycles. The zero-order valence-corrected chi connectivity index (χ0v) is 18.5. The maximum Gasteiger partial charge on any atom is 0.191 e. The van der Waals surface area contributed by atoms with Gasteiger partial charge in [0.05, 0.1) is 15.6 Å². The number of hydrogen-bond donors (Lipinski definition) is 2. The number of benzene rings is 1. The van der Waals surface area contributed by atoms with E-state index in [1.165, 1.54) is 5.00 Å². The van der Waals surface area contributed by atoms with Crippen molar-refractivity contribution < 1.29 is 8.42 Å². The molecule has 1 fully saturated rings. The number of sulfone groups is 1. The Labute approximate surface area is 178 Å². The molecule has 0 spiro atoms. The normalized spacial score (nSPS) is 16.0. The second-order valence-electron chi connectivity index (χ2n) is 7.10. The van der Waals surface area contributed by atoms with Crippen molar-refractivity contribution in [2.75, 3.05) is 36.8 Å². The van der Waals surface area contributed by atoms with Gasteiger partial charge < -0.3 is 15.5 Å². The van der Waals surface area contributed by atoms with Gasteiger partial charge in [0.15, 0.2) is 15.8 Å². The molecule has 0 saturated carbocycles. The summed E-state index contributed by atoms with van der Waals surface area (Å²) in [7, 11) is -3.24. The quantitative estimate of drug-likeness (QED) is 0.379. The van der Waals surface area contributed by atoms with Crippen LogP contribution in [-0.2, 0) is 9.84 Å². The first kappa shape index (κ1) is 21.6. The van der Waals surface area contributed by atoms with E-state index in [1.54, 1.807) is 35.6 Å². The number of nitrogens with one attached hydrogen (secondary N) is 2. The van der Waals surface area contributed by atoms with E-state index in [0.29, 0.717) is 23.9 Å². The zero-order valence-electron chi connectivity index (χ0n) is 16.9. The average molecular weight is 435 g/mol. The molecule has 0 amide bonds. The van der Waals surface area contributed by atoms with Gasteiger partial charge in [-0.05, 0) is 55.8 Å². The van der Waals surface area contributed by atoms with Crippen LogP contribution in [0.2, 0.25) is 0 Å². The van der Waals surface area contributed by atoms with E-state index < -0.39 is 9.84 Å². The lowest BCUT2D eigenvalue weighted by molar-refractivity contribution is 0.463. The van der Waals surface area contributed by atoms with Crippen molar-refractivity contribution in [1.82, 2.24) is 10.6 Å². The minimum Gasteiger partial charge on any atom is -0.363 e. The summed E-state index contributed by atoms with van der Waals surface area (Å²) in [5.41, 5.74) is 0. The molecule has 1 aromatic carbocycles. The van der Waals surface area contributed by atoms with E-state index in [1.807, 2.05) is 13.0 Å². The van der Waals surface area contributed by atoms with Gasteiger partial charge in [0, 0.05) is 32.2 Å². The van der Waals surface area contributed by atoms with E-state index >= 15 is 0 Å². The van der Waals surface area contributed by atoms with Crippen LogP contribution in [0.5, 0.6) is 0 Å². The number of guanidine groups is 1. The highest BCUT2D eigenvalue weighted by molar-refractivity contribution is 7.91. The monoisotopic (exact) mass is 434 g/mol. The van der Waals surface area contributed by atoms with Gasteiger partial charge in [0.2, 0.25) is 0 Å². The second kappa shape index (κ2) is 10.6. The number of thiophene rings is 1. The van der Waals surface area contributed by atoms with Gasteiger partial charge in [0.25, 0.3) is 0 Å². The minimum atomic E-state index is -3.24. The molecule has 0 atom stereocenters. The van der Waals surface area contributed by atoms with Crippen molar-refractivity contribution in [3.8, 4) is 0 Å². The van der Waals surface area contributed by atoms with Gasteiger partial charge in [-0.15, -0.1) is 11.3 Å². The highest BCUT2D eigenvalue weighted by atomic mass is 32.2. The lowest BCUT2D eigenvalue weighted by Gasteiger charge is -2.33. The maximum atomic E-state index is 12.4. The van der Waals surface area contributed by atoms with Gasteiger partial charge in [-0.25, -0.2) is 8.42 Å². The Morgan fingerprint density at radius 2 is 1.93 bits per heavy atom. The fraction of sp³-hybridized carbons (Fsp3) is 0.476. The van der Waals surface area contributed by atoms with Crippen LogP contribution in [0.15, 0.2) is 57.7 Å². The highest BCUT2D eigenvalue weighted by Gasteiger charge is 2.20. The number of hydrogen-bond acceptors (Lipinski definition) is 5. The molecule has 0 unspecified atom stereocenters. The van der Waals surface area contributed by atoms with Crippen LogP contribution < -0.4 is 15.5 Å². The Balaban J connectivity index is 1.46. The van der Waals surface area contributed by atoms with Gasteiger partial charge >= 0.3 is 0 Å². The first-order valence-corrected chi connectivity index (χ1v) is 12.7. The van der Waals surface area contributed by atoms with Crippen molar-refractivity contribution >= 4 is 32.1 Å². The van der Waals surface area contributed by atoms with Gasteiger partial charge in [-0.1, -0.05) is 18.2 Å². The van der Waals surface area contributed by atoms with E-state index in [-0.39, 0.29) is 5.75 Å². The third kappa shape index (κ3) is 6.47. The Morgan fingerprint density at radius 1 is 1.17 bits per heavy atom. The number of anilines is 1. The largest absolute Gasteiger partial charge is 0.363 e. The molecular weight excluding hydrogens is 404 g/mol. The molecule has 158 valence electrons. The summed E-state index contributed by atoms with van der Waals surface area (Å²) in [6, 6.07) is 13.3. The molecule has 0 radical (unpaired) electrons. The van der Waals surface area contributed by atoms with Crippen LogP contribution in [0, 0.1) is 0 Å². The van der Waals surface area contributed by atoms with E-state index in [9.17, 15) is 8.42 Å². The fourth-order valence-electron chi connectivity index (χ4n) is 3.40. The van der Waals surface area contributed by atoms with Crippen LogP contribution in [0.1, 0.15) is 26.2 Å². The summed E-state index contributed by atoms with van der Waals surface area (Å²) in [6.45, 7) is 5.37. The minimum absolute atomic E-state index is 0.110. The van der Waals surface area contributed by atoms with Crippen molar-refractivity contribution in [2.45, 2.75) is 37.1 Å². The molecule has 1 aliphatic rings. The molecule has 8 heteroatoms. The van der Waals surface area contributed by atoms with Crippen molar-refractivity contribution in [3.63, 3.8) is 0 Å². The zero-order chi connectivity index (χ0) is 20.5. The lowest BCUT2D eigenvalue weighted by atomic mass is 10.1. The molecule has 6 nitrogen and oxygen atoms in total. The molecule has 2 aromatic rings. The van der Waals surface area contributed by atoms with Crippen LogP contribution >= 0.6 is 11.3 Å². The first-order valence-electron chi connectivity index (χ1n) is 10.2. The van der Waals surface area contributed by atoms with E-state index in [0.717, 1.165) is 38.4 Å². The van der Waals surface area contributed by atoms with E-state index in [4.69, 9.17) is 0 Å². The van der Waals surface area contributed by atoms with Gasteiger partial charge in [0.1, 0.15) is 0 Å². The summed E-state index contributed by atoms with van der Waals surface area (Å²) >= 11 is 1.79. The predicted octanol–water partition coefficient (Wildman–Crippen LogP) is 3.14. The Morgan fingerprint density at radius 3 is 2.59 bits per heavy atom. The van der Waals surface area contributed by atoms with Crippen molar-refractivity contribution in [2.24, 2.45) is 4.99 Å². The Bertz CT molecular complexity index is 859. The molecule has 3 rings (SSSR count). The summed E-state index contributed by atoms with van der Waals surface area (Å²) < 4.78 is 24.7. The topological polar surface area (TPSA) is 73.8 Å². The lowest BCUT2D eigenvalue weighted by Crippen LogP contribution is -2.48. The third-order valence-corrected chi connectivity index (χ3v) is 7.69. The van der Waals surface area contributed by atoms with Crippen LogP contribution in [0.4, 0.5) is 5.00 Å². The molecule has 1 aromatic heterocycles. The average Bonchev–Trinajstić information content (AvgIpc) is 3.27. The maximum absolute atomic E-state index is 12.4. The molecule has 2 N–H and O–H groups in total. The van der Waals surface area contributed by atoms with E-state index in [2.05, 4.69) is 38.0 Å². The summed E-state index contributed by atoms with van der Waals surface area (Å²) in [4.78, 5) is 7.40. The predicted molar refractivity (Wildman–Crippen MR) is 122 cm³/mol. The Hall–Kier alpha value is -2.06. The number of nitrogens with zero attached hydrogens (tertiary/aromatic N) is 2. The number of piperidine rings is 1. The van der Waals surface area contributed by atoms with Crippen LogP contribution in [0.3, 0.4) is 0 Å². The molecule has 1 saturated heterocycles. The number of rotatable bonds is 8. The molecule has 0 bridgehead atoms. The smallest absolute Gasteiger partial charge is 0.191 e. The third-order valence-electron chi connectivity index (χ3n) is 4.94. The standard InChI is InChI=1S/C21H30N4O2S2/c1-2-22-21(23-13-7-17-29(26,27)19-8-4-3-5-9-19)24-18-11-14-25(15-12-18)20-10-6-16-28-20/h3-6,8-10,16,18H,2,7,11-15,17H2,1H3,(H2,22,23,24). The molecule has 0 aliphatic carbocycles. The molecule has 2 heterocycles. The van der Waals surface area contributed by atoms with Gasteiger partial charge in [-0.2, -0.15) is 0 Å². The summed E-state index contributed by atoms with van der Waals surface area (Å²) in [6.07, 6.45) is 2.63. The SMILES string of the molecule is CCNC(=NCCCS(=O)(=O)c1ccccc1)NC1CCN(c2cccs2)CC1. The van der Waals surface area contributed by atoms with Gasteiger partial charge in [-0.3, -0.25) is 4.99 Å². The van der Waals surface area contributed by atoms with Crippen molar-refractivity contribution in [3.05, 3.63) is 47.8 Å². The summed E-state index contributed by atoms with van der Waals surface area (Å²) in [5, 5.41) is 10.2. The first-order chi connectivity index (χ1) is 14.1. The number of aliphatic imine (C=N–C) groups is 1. The highest BCUT2D eigenvalue weighted by Crippen LogP contribution is 2.24. The second-order valence-corrected chi connectivity index (χ2v) is 10.1. The summed E-state index contributed by atoms with van der Waals surface area (Å²) in [5.74, 6) is 0.887. The van der Waals surface area contributed by atoms with Crippen LogP contribution in [-0.4, -0.2) is 52.4 Å². The molecule has 29 heavy (non-hydrogen) atoms. The van der Waals surface area contributed by atoms with Crippen LogP contribution in [0.25, 0.3) is 0 Å².